The van der Waals surface area contributed by atoms with Crippen LogP contribution in [0.4, 0.5) is 0 Å². The molecule has 0 heterocycles. The van der Waals surface area contributed by atoms with E-state index in [2.05, 4.69) is 13.8 Å². The Morgan fingerprint density at radius 2 is 1.70 bits per heavy atom. The highest BCUT2D eigenvalue weighted by Crippen LogP contribution is 2.77. The van der Waals surface area contributed by atoms with Crippen LogP contribution in [-0.2, 0) is 0 Å². The summed E-state index contributed by atoms with van der Waals surface area (Å²) in [5.41, 5.74) is 0.920. The number of hydrogen-bond donors (Lipinski definition) is 0. The fraction of sp³-hybridized carbons (Fsp3) is 1.00. The highest BCUT2D eigenvalue weighted by atomic mass is 14.7. The molecule has 0 radical (unpaired) electrons. The van der Waals surface area contributed by atoms with Gasteiger partial charge in [-0.15, -0.1) is 0 Å². The third-order valence-corrected chi connectivity index (χ3v) is 4.61. The van der Waals surface area contributed by atoms with Gasteiger partial charge in [0.2, 0.25) is 0 Å². The van der Waals surface area contributed by atoms with Gasteiger partial charge < -0.3 is 0 Å². The summed E-state index contributed by atoms with van der Waals surface area (Å²) < 4.78 is 0. The van der Waals surface area contributed by atoms with Crippen molar-refractivity contribution in [1.82, 2.24) is 0 Å². The minimum absolute atomic E-state index is 0.920. The first-order valence-electron chi connectivity index (χ1n) is 4.73. The van der Waals surface area contributed by atoms with Crippen LogP contribution in [0.25, 0.3) is 0 Å². The van der Waals surface area contributed by atoms with Crippen molar-refractivity contribution in [1.29, 1.82) is 0 Å². The topological polar surface area (TPSA) is 0 Å². The Labute approximate surface area is 63.0 Å². The molecule has 4 fully saturated rings. The molecule has 4 aliphatic carbocycles. The second-order valence-corrected chi connectivity index (χ2v) is 5.12. The van der Waals surface area contributed by atoms with Crippen LogP contribution in [0, 0.1) is 29.1 Å². The lowest BCUT2D eigenvalue weighted by atomic mass is 9.43. The summed E-state index contributed by atoms with van der Waals surface area (Å²) in [4.78, 5) is 0. The van der Waals surface area contributed by atoms with E-state index in [-0.39, 0.29) is 0 Å². The van der Waals surface area contributed by atoms with Crippen LogP contribution >= 0.6 is 0 Å². The number of hydrogen-bond acceptors (Lipinski definition) is 0. The third-order valence-electron chi connectivity index (χ3n) is 4.61. The third kappa shape index (κ3) is 0.360. The zero-order valence-corrected chi connectivity index (χ0v) is 6.93. The van der Waals surface area contributed by atoms with Crippen molar-refractivity contribution in [2.45, 2.75) is 33.1 Å². The highest BCUT2D eigenvalue weighted by molar-refractivity contribution is 5.18. The van der Waals surface area contributed by atoms with Gasteiger partial charge in [0.25, 0.3) is 0 Å². The van der Waals surface area contributed by atoms with E-state index in [0.717, 1.165) is 23.2 Å². The Hall–Kier alpha value is 0. The molecule has 56 valence electrons. The minimum atomic E-state index is 0.920. The van der Waals surface area contributed by atoms with Gasteiger partial charge in [-0.1, -0.05) is 13.8 Å². The molecule has 4 saturated carbocycles. The van der Waals surface area contributed by atoms with E-state index >= 15 is 0 Å². The molecule has 0 amide bonds. The predicted octanol–water partition coefficient (Wildman–Crippen LogP) is 2.69. The van der Waals surface area contributed by atoms with Crippen molar-refractivity contribution in [2.75, 3.05) is 0 Å². The standard InChI is InChI=1S/C10H16/c1-6-3-10-4-7(2)9(10)8(6)5-10/h6-9H,3-5H2,1-2H3. The summed E-state index contributed by atoms with van der Waals surface area (Å²) in [6.07, 6.45) is 4.74. The van der Waals surface area contributed by atoms with Crippen LogP contribution in [0.5, 0.6) is 0 Å². The normalized spacial score (nSPS) is 70.2. The van der Waals surface area contributed by atoms with E-state index in [0.29, 0.717) is 0 Å². The highest BCUT2D eigenvalue weighted by Gasteiger charge is 2.69. The predicted molar refractivity (Wildman–Crippen MR) is 41.6 cm³/mol. The quantitative estimate of drug-likeness (QED) is 0.480. The maximum Gasteiger partial charge on any atom is -0.0256 e. The maximum absolute atomic E-state index is 2.46. The van der Waals surface area contributed by atoms with E-state index in [4.69, 9.17) is 0 Å². The molecule has 4 aliphatic rings. The molecule has 5 unspecified atom stereocenters. The van der Waals surface area contributed by atoms with E-state index in [9.17, 15) is 0 Å². The number of rotatable bonds is 0. The second kappa shape index (κ2) is 1.31. The van der Waals surface area contributed by atoms with Crippen molar-refractivity contribution < 1.29 is 0 Å². The summed E-state index contributed by atoms with van der Waals surface area (Å²) in [6, 6.07) is 0. The van der Waals surface area contributed by atoms with Gasteiger partial charge >= 0.3 is 0 Å². The Morgan fingerprint density at radius 3 is 2.10 bits per heavy atom. The van der Waals surface area contributed by atoms with Crippen molar-refractivity contribution in [3.05, 3.63) is 0 Å². The zero-order valence-electron chi connectivity index (χ0n) is 6.93. The first-order valence-corrected chi connectivity index (χ1v) is 4.73. The van der Waals surface area contributed by atoms with Crippen LogP contribution < -0.4 is 0 Å². The van der Waals surface area contributed by atoms with Crippen LogP contribution in [0.3, 0.4) is 0 Å². The zero-order chi connectivity index (χ0) is 6.93. The van der Waals surface area contributed by atoms with Gasteiger partial charge in [-0.25, -0.2) is 0 Å². The first-order chi connectivity index (χ1) is 4.73. The number of fused-ring (bicyclic) bond motifs is 1. The van der Waals surface area contributed by atoms with E-state index in [1.165, 1.54) is 5.92 Å². The monoisotopic (exact) mass is 136 g/mol. The van der Waals surface area contributed by atoms with Crippen LogP contribution in [0.2, 0.25) is 0 Å². The van der Waals surface area contributed by atoms with Crippen LogP contribution in [0.1, 0.15) is 33.1 Å². The molecule has 5 atom stereocenters. The van der Waals surface area contributed by atoms with Gasteiger partial charge in [-0.3, -0.25) is 0 Å². The smallest absolute Gasteiger partial charge is 0.0256 e. The van der Waals surface area contributed by atoms with Gasteiger partial charge in [-0.2, -0.15) is 0 Å². The minimum Gasteiger partial charge on any atom is -0.0622 e. The first kappa shape index (κ1) is 5.62. The van der Waals surface area contributed by atoms with Crippen molar-refractivity contribution >= 4 is 0 Å². The summed E-state index contributed by atoms with van der Waals surface area (Å²) in [5, 5.41) is 0. The Balaban J connectivity index is 1.94. The fourth-order valence-corrected chi connectivity index (χ4v) is 4.53. The van der Waals surface area contributed by atoms with Crippen molar-refractivity contribution in [2.24, 2.45) is 29.1 Å². The van der Waals surface area contributed by atoms with Crippen molar-refractivity contribution in [3.63, 3.8) is 0 Å². The molecule has 2 bridgehead atoms. The summed E-state index contributed by atoms with van der Waals surface area (Å²) in [7, 11) is 0. The lowest BCUT2D eigenvalue weighted by molar-refractivity contribution is -0.127. The molecule has 1 spiro atoms. The second-order valence-electron chi connectivity index (χ2n) is 5.12. The van der Waals surface area contributed by atoms with Gasteiger partial charge in [0.05, 0.1) is 0 Å². The lowest BCUT2D eigenvalue weighted by Crippen LogP contribution is -2.54. The summed E-state index contributed by atoms with van der Waals surface area (Å²) >= 11 is 0. The molecule has 0 aromatic carbocycles. The molecular weight excluding hydrogens is 120 g/mol. The molecule has 0 nitrogen and oxygen atoms in total. The van der Waals surface area contributed by atoms with Crippen molar-refractivity contribution in [3.8, 4) is 0 Å². The average Bonchev–Trinajstić information content (AvgIpc) is 2.18. The largest absolute Gasteiger partial charge is 0.0622 e. The average molecular weight is 136 g/mol. The van der Waals surface area contributed by atoms with Crippen LogP contribution in [-0.4, -0.2) is 0 Å². The van der Waals surface area contributed by atoms with E-state index in [1.54, 1.807) is 19.3 Å². The Kier molecular flexibility index (Phi) is 0.735. The maximum atomic E-state index is 2.46. The van der Waals surface area contributed by atoms with E-state index in [1.807, 2.05) is 0 Å². The van der Waals surface area contributed by atoms with Crippen LogP contribution in [0.15, 0.2) is 0 Å². The molecule has 0 aromatic rings. The van der Waals surface area contributed by atoms with Gasteiger partial charge in [0.15, 0.2) is 0 Å². The summed E-state index contributed by atoms with van der Waals surface area (Å²) in [5.74, 6) is 4.50. The molecule has 10 heavy (non-hydrogen) atoms. The summed E-state index contributed by atoms with van der Waals surface area (Å²) in [6.45, 7) is 4.91. The molecule has 0 N–H and O–H groups in total. The molecule has 4 rings (SSSR count). The molecular formula is C10H16. The molecule has 0 saturated heterocycles. The van der Waals surface area contributed by atoms with Gasteiger partial charge in [0, 0.05) is 0 Å². The Bertz CT molecular complexity index is 180. The van der Waals surface area contributed by atoms with Gasteiger partial charge in [-0.05, 0) is 48.3 Å². The lowest BCUT2D eigenvalue weighted by Gasteiger charge is -2.61. The van der Waals surface area contributed by atoms with E-state index < -0.39 is 0 Å². The fourth-order valence-electron chi connectivity index (χ4n) is 4.53. The SMILES string of the molecule is CC1CC23CC(C)C2C1C3. The molecule has 0 aromatic heterocycles. The molecule has 0 heteroatoms. The Morgan fingerprint density at radius 1 is 1.00 bits per heavy atom. The molecule has 0 aliphatic heterocycles. The van der Waals surface area contributed by atoms with Gasteiger partial charge in [0.1, 0.15) is 0 Å².